The van der Waals surface area contributed by atoms with Crippen LogP contribution in [0.2, 0.25) is 5.02 Å². The molecule has 2 aromatic carbocycles. The highest BCUT2D eigenvalue weighted by molar-refractivity contribution is 6.30. The Kier molecular flexibility index (Phi) is 3.13. The first-order valence-corrected chi connectivity index (χ1v) is 6.14. The van der Waals surface area contributed by atoms with Gasteiger partial charge in [0.2, 0.25) is 0 Å². The second-order valence-electron chi connectivity index (χ2n) is 4.15. The van der Waals surface area contributed by atoms with Crippen LogP contribution in [0.4, 0.5) is 4.39 Å². The SMILES string of the molecule is Fc1ccc2c(COc3cccc(Cl)c3)coc2c1. The summed E-state index contributed by atoms with van der Waals surface area (Å²) in [6.45, 7) is 0.346. The molecule has 3 aromatic rings. The number of furan rings is 1. The van der Waals surface area contributed by atoms with Crippen LogP contribution in [0, 0.1) is 5.82 Å². The Bertz CT molecular complexity index is 721. The van der Waals surface area contributed by atoms with E-state index in [-0.39, 0.29) is 5.82 Å². The van der Waals surface area contributed by atoms with Gasteiger partial charge in [0.15, 0.2) is 0 Å². The summed E-state index contributed by atoms with van der Waals surface area (Å²) >= 11 is 5.88. The molecule has 0 aliphatic carbocycles. The van der Waals surface area contributed by atoms with Crippen molar-refractivity contribution < 1.29 is 13.5 Å². The van der Waals surface area contributed by atoms with E-state index in [0.717, 1.165) is 10.9 Å². The van der Waals surface area contributed by atoms with Crippen molar-refractivity contribution in [3.63, 3.8) is 0 Å². The van der Waals surface area contributed by atoms with Crippen LogP contribution in [0.3, 0.4) is 0 Å². The van der Waals surface area contributed by atoms with Gasteiger partial charge in [0, 0.05) is 22.0 Å². The number of hydrogen-bond acceptors (Lipinski definition) is 2. The first kappa shape index (κ1) is 12.1. The van der Waals surface area contributed by atoms with Gasteiger partial charge in [-0.2, -0.15) is 0 Å². The molecule has 0 saturated heterocycles. The molecule has 0 aliphatic rings. The van der Waals surface area contributed by atoms with Crippen LogP contribution in [-0.2, 0) is 6.61 Å². The van der Waals surface area contributed by atoms with E-state index in [0.29, 0.717) is 23.0 Å². The van der Waals surface area contributed by atoms with Crippen LogP contribution in [0.25, 0.3) is 11.0 Å². The summed E-state index contributed by atoms with van der Waals surface area (Å²) in [7, 11) is 0. The van der Waals surface area contributed by atoms with Crippen LogP contribution >= 0.6 is 11.6 Å². The van der Waals surface area contributed by atoms with Gasteiger partial charge in [0.25, 0.3) is 0 Å². The monoisotopic (exact) mass is 276 g/mol. The first-order chi connectivity index (χ1) is 9.22. The van der Waals surface area contributed by atoms with Crippen molar-refractivity contribution in [2.75, 3.05) is 0 Å². The zero-order valence-electron chi connectivity index (χ0n) is 9.90. The third kappa shape index (κ3) is 2.56. The molecule has 2 nitrogen and oxygen atoms in total. The maximum atomic E-state index is 13.0. The summed E-state index contributed by atoms with van der Waals surface area (Å²) in [5, 5.41) is 1.47. The Morgan fingerprint density at radius 2 is 2.05 bits per heavy atom. The minimum absolute atomic E-state index is 0.316. The second-order valence-corrected chi connectivity index (χ2v) is 4.58. The molecule has 0 spiro atoms. The van der Waals surface area contributed by atoms with Crippen molar-refractivity contribution in [2.45, 2.75) is 6.61 Å². The molecule has 96 valence electrons. The normalized spacial score (nSPS) is 10.8. The molecule has 0 radical (unpaired) electrons. The molecule has 0 fully saturated rings. The lowest BCUT2D eigenvalue weighted by molar-refractivity contribution is 0.306. The lowest BCUT2D eigenvalue weighted by atomic mass is 10.2. The smallest absolute Gasteiger partial charge is 0.137 e. The molecular weight excluding hydrogens is 267 g/mol. The molecular formula is C15H10ClFO2. The fourth-order valence-corrected chi connectivity index (χ4v) is 2.07. The Balaban J connectivity index is 1.82. The second kappa shape index (κ2) is 4.94. The summed E-state index contributed by atoms with van der Waals surface area (Å²) in [4.78, 5) is 0. The molecule has 3 rings (SSSR count). The standard InChI is InChI=1S/C15H10ClFO2/c16-11-2-1-3-13(6-11)18-8-10-9-19-15-7-12(17)4-5-14(10)15/h1-7,9H,8H2. The van der Waals surface area contributed by atoms with Crippen LogP contribution in [0.15, 0.2) is 53.1 Å². The lowest BCUT2D eigenvalue weighted by Crippen LogP contribution is -1.94. The highest BCUT2D eigenvalue weighted by Gasteiger charge is 2.07. The predicted octanol–water partition coefficient (Wildman–Crippen LogP) is 4.80. The molecule has 0 aliphatic heterocycles. The molecule has 0 bridgehead atoms. The van der Waals surface area contributed by atoms with Crippen LogP contribution in [0.5, 0.6) is 5.75 Å². The van der Waals surface area contributed by atoms with Crippen molar-refractivity contribution in [3.8, 4) is 5.75 Å². The number of fused-ring (bicyclic) bond motifs is 1. The maximum absolute atomic E-state index is 13.0. The fourth-order valence-electron chi connectivity index (χ4n) is 1.89. The van der Waals surface area contributed by atoms with Crippen LogP contribution in [0.1, 0.15) is 5.56 Å². The van der Waals surface area contributed by atoms with E-state index in [1.165, 1.54) is 12.1 Å². The molecule has 1 aromatic heterocycles. The topological polar surface area (TPSA) is 22.4 Å². The van der Waals surface area contributed by atoms with Gasteiger partial charge >= 0.3 is 0 Å². The van der Waals surface area contributed by atoms with E-state index in [2.05, 4.69) is 0 Å². The van der Waals surface area contributed by atoms with Crippen molar-refractivity contribution >= 4 is 22.6 Å². The van der Waals surface area contributed by atoms with E-state index in [4.69, 9.17) is 20.8 Å². The third-order valence-corrected chi connectivity index (χ3v) is 3.04. The zero-order chi connectivity index (χ0) is 13.2. The van der Waals surface area contributed by atoms with Crippen molar-refractivity contribution in [2.24, 2.45) is 0 Å². The summed E-state index contributed by atoms with van der Waals surface area (Å²) in [6, 6.07) is 11.6. The number of rotatable bonds is 3. The van der Waals surface area contributed by atoms with Crippen molar-refractivity contribution in [1.82, 2.24) is 0 Å². The average Bonchev–Trinajstić information content (AvgIpc) is 2.78. The molecule has 0 N–H and O–H groups in total. The molecule has 1 heterocycles. The van der Waals surface area contributed by atoms with Crippen LogP contribution in [-0.4, -0.2) is 0 Å². The third-order valence-electron chi connectivity index (χ3n) is 2.81. The quantitative estimate of drug-likeness (QED) is 0.685. The van der Waals surface area contributed by atoms with Gasteiger partial charge in [-0.15, -0.1) is 0 Å². The van der Waals surface area contributed by atoms with Gasteiger partial charge in [-0.05, 0) is 30.3 Å². The lowest BCUT2D eigenvalue weighted by Gasteiger charge is -2.05. The Morgan fingerprint density at radius 1 is 1.16 bits per heavy atom. The highest BCUT2D eigenvalue weighted by Crippen LogP contribution is 2.24. The number of hydrogen-bond donors (Lipinski definition) is 0. The first-order valence-electron chi connectivity index (χ1n) is 5.76. The molecule has 19 heavy (non-hydrogen) atoms. The maximum Gasteiger partial charge on any atom is 0.137 e. The summed E-state index contributed by atoms with van der Waals surface area (Å²) in [5.74, 6) is 0.369. The van der Waals surface area contributed by atoms with Gasteiger partial charge in [0.1, 0.15) is 23.8 Å². The molecule has 0 unspecified atom stereocenters. The Labute approximate surface area is 114 Å². The van der Waals surface area contributed by atoms with E-state index < -0.39 is 0 Å². The fraction of sp³-hybridized carbons (Fsp3) is 0.0667. The zero-order valence-corrected chi connectivity index (χ0v) is 10.7. The van der Waals surface area contributed by atoms with Gasteiger partial charge in [-0.1, -0.05) is 17.7 Å². The Hall–Kier alpha value is -2.00. The summed E-state index contributed by atoms with van der Waals surface area (Å²) < 4.78 is 24.0. The van der Waals surface area contributed by atoms with E-state index in [1.54, 1.807) is 24.5 Å². The average molecular weight is 277 g/mol. The highest BCUT2D eigenvalue weighted by atomic mass is 35.5. The van der Waals surface area contributed by atoms with E-state index in [9.17, 15) is 4.39 Å². The van der Waals surface area contributed by atoms with Gasteiger partial charge in [-0.3, -0.25) is 0 Å². The minimum Gasteiger partial charge on any atom is -0.489 e. The van der Waals surface area contributed by atoms with Gasteiger partial charge in [0.05, 0.1) is 6.26 Å². The summed E-state index contributed by atoms with van der Waals surface area (Å²) in [6.07, 6.45) is 1.58. The number of benzene rings is 2. The minimum atomic E-state index is -0.316. The van der Waals surface area contributed by atoms with Crippen molar-refractivity contribution in [3.05, 3.63) is 65.1 Å². The van der Waals surface area contributed by atoms with Gasteiger partial charge in [-0.25, -0.2) is 4.39 Å². The van der Waals surface area contributed by atoms with E-state index in [1.807, 2.05) is 12.1 Å². The predicted molar refractivity (Wildman–Crippen MR) is 72.0 cm³/mol. The van der Waals surface area contributed by atoms with E-state index >= 15 is 0 Å². The molecule has 4 heteroatoms. The largest absolute Gasteiger partial charge is 0.489 e. The number of halogens is 2. The summed E-state index contributed by atoms with van der Waals surface area (Å²) in [5.41, 5.74) is 1.39. The Morgan fingerprint density at radius 3 is 2.89 bits per heavy atom. The van der Waals surface area contributed by atoms with Crippen molar-refractivity contribution in [1.29, 1.82) is 0 Å². The molecule has 0 atom stereocenters. The van der Waals surface area contributed by atoms with Gasteiger partial charge < -0.3 is 9.15 Å². The molecule has 0 amide bonds. The number of ether oxygens (including phenoxy) is 1. The van der Waals surface area contributed by atoms with Crippen LogP contribution < -0.4 is 4.74 Å². The molecule has 0 saturated carbocycles.